The van der Waals surface area contributed by atoms with E-state index in [0.717, 1.165) is 5.69 Å². The molecular formula is C25H40N8O6. The summed E-state index contributed by atoms with van der Waals surface area (Å²) in [4.78, 5) is 82.8. The predicted octanol–water partition coefficient (Wildman–Crippen LogP) is -1.52. The van der Waals surface area contributed by atoms with Crippen molar-refractivity contribution in [2.24, 2.45) is 11.7 Å². The van der Waals surface area contributed by atoms with Gasteiger partial charge in [0.2, 0.25) is 35.4 Å². The van der Waals surface area contributed by atoms with Gasteiger partial charge in [0.25, 0.3) is 0 Å². The van der Waals surface area contributed by atoms with Crippen LogP contribution >= 0.6 is 0 Å². The van der Waals surface area contributed by atoms with Gasteiger partial charge in [0.05, 0.1) is 12.9 Å². The summed E-state index contributed by atoms with van der Waals surface area (Å²) in [6, 6.07) is -3.49. The fraction of sp³-hybridized carbons (Fsp3) is 0.640. The third kappa shape index (κ3) is 9.37. The lowest BCUT2D eigenvalue weighted by Crippen LogP contribution is -2.58. The number of imidazole rings is 1. The molecule has 0 aliphatic carbocycles. The Morgan fingerprint density at radius 3 is 2.41 bits per heavy atom. The quantitative estimate of drug-likeness (QED) is 0.161. The summed E-state index contributed by atoms with van der Waals surface area (Å²) >= 11 is 0. The van der Waals surface area contributed by atoms with Crippen molar-refractivity contribution in [3.63, 3.8) is 0 Å². The number of hydrogen-bond donors (Lipinski definition) is 6. The predicted molar refractivity (Wildman–Crippen MR) is 140 cm³/mol. The highest BCUT2D eigenvalue weighted by Gasteiger charge is 2.37. The molecule has 2 rings (SSSR count). The van der Waals surface area contributed by atoms with Crippen LogP contribution in [0.3, 0.4) is 0 Å². The van der Waals surface area contributed by atoms with Gasteiger partial charge >= 0.3 is 0 Å². The van der Waals surface area contributed by atoms with Gasteiger partial charge < -0.3 is 36.9 Å². The Hall–Kier alpha value is -3.97. The van der Waals surface area contributed by atoms with E-state index < -0.39 is 53.7 Å². The summed E-state index contributed by atoms with van der Waals surface area (Å²) in [5, 5.41) is 10.3. The third-order valence-electron chi connectivity index (χ3n) is 6.82. The van der Waals surface area contributed by atoms with Crippen LogP contribution in [0.5, 0.6) is 0 Å². The van der Waals surface area contributed by atoms with E-state index in [9.17, 15) is 28.8 Å². The molecule has 0 radical (unpaired) electrons. The van der Waals surface area contributed by atoms with Gasteiger partial charge in [-0.2, -0.15) is 0 Å². The molecule has 0 unspecified atom stereocenters. The van der Waals surface area contributed by atoms with E-state index in [0.29, 0.717) is 32.2 Å². The molecule has 0 bridgehead atoms. The van der Waals surface area contributed by atoms with Crippen molar-refractivity contribution >= 4 is 35.4 Å². The molecule has 1 aromatic heterocycles. The number of aryl methyl sites for hydroxylation is 1. The molecular weight excluding hydrogens is 508 g/mol. The first kappa shape index (κ1) is 31.2. The van der Waals surface area contributed by atoms with Crippen molar-refractivity contribution in [2.45, 2.75) is 84.0 Å². The Morgan fingerprint density at radius 1 is 1.08 bits per heavy atom. The molecule has 1 fully saturated rings. The molecule has 14 heteroatoms. The highest BCUT2D eigenvalue weighted by Crippen LogP contribution is 2.19. The zero-order chi connectivity index (χ0) is 29.1. The smallest absolute Gasteiger partial charge is 0.243 e. The fourth-order valence-corrected chi connectivity index (χ4v) is 4.13. The van der Waals surface area contributed by atoms with E-state index in [1.807, 2.05) is 6.92 Å². The number of amides is 6. The van der Waals surface area contributed by atoms with Crippen LogP contribution in [0.15, 0.2) is 12.5 Å². The number of nitrogens with two attached hydrogens (primary N) is 1. The van der Waals surface area contributed by atoms with Gasteiger partial charge in [0.15, 0.2) is 0 Å². The molecule has 1 aliphatic rings. The third-order valence-corrected chi connectivity index (χ3v) is 6.82. The van der Waals surface area contributed by atoms with Crippen molar-refractivity contribution in [3.05, 3.63) is 18.2 Å². The second-order valence-electron chi connectivity index (χ2n) is 9.83. The molecule has 1 saturated heterocycles. The van der Waals surface area contributed by atoms with E-state index in [2.05, 4.69) is 31.2 Å². The van der Waals surface area contributed by atoms with Gasteiger partial charge in [-0.05, 0) is 39.0 Å². The summed E-state index contributed by atoms with van der Waals surface area (Å²) in [5.41, 5.74) is 6.03. The number of carbonyl (C=O) groups excluding carboxylic acids is 6. The highest BCUT2D eigenvalue weighted by molar-refractivity contribution is 5.95. The van der Waals surface area contributed by atoms with Crippen LogP contribution < -0.4 is 27.0 Å². The molecule has 7 N–H and O–H groups in total. The molecule has 1 aromatic rings. The fourth-order valence-electron chi connectivity index (χ4n) is 4.13. The lowest BCUT2D eigenvalue weighted by molar-refractivity contribution is -0.140. The average Bonchev–Trinajstić information content (AvgIpc) is 3.60. The SMILES string of the molecule is CC[C@H](C)[C@H](NC(=O)[C@H]1CCCN1C(=O)CNC(=O)[C@H](C)NC(=O)CCc1cnc[nH]1)C(=O)N[C@@H](C)C(N)=O. The second-order valence-corrected chi connectivity index (χ2v) is 9.83. The van der Waals surface area contributed by atoms with Crippen molar-refractivity contribution in [2.75, 3.05) is 13.1 Å². The molecule has 6 amide bonds. The number of aromatic amines is 1. The summed E-state index contributed by atoms with van der Waals surface area (Å²) in [7, 11) is 0. The van der Waals surface area contributed by atoms with Crippen molar-refractivity contribution < 1.29 is 28.8 Å². The summed E-state index contributed by atoms with van der Waals surface area (Å²) < 4.78 is 0. The monoisotopic (exact) mass is 548 g/mol. The number of carbonyl (C=O) groups is 6. The van der Waals surface area contributed by atoms with Crippen LogP contribution in [0.4, 0.5) is 0 Å². The van der Waals surface area contributed by atoms with E-state index in [-0.39, 0.29) is 24.8 Å². The van der Waals surface area contributed by atoms with E-state index in [1.165, 1.54) is 25.1 Å². The maximum atomic E-state index is 13.1. The first-order valence-electron chi connectivity index (χ1n) is 13.2. The van der Waals surface area contributed by atoms with Crippen molar-refractivity contribution in [1.82, 2.24) is 36.1 Å². The zero-order valence-electron chi connectivity index (χ0n) is 22.9. The minimum Gasteiger partial charge on any atom is -0.368 e. The molecule has 5 atom stereocenters. The van der Waals surface area contributed by atoms with Gasteiger partial charge in [-0.25, -0.2) is 4.98 Å². The minimum atomic E-state index is -0.917. The van der Waals surface area contributed by atoms with Crippen LogP contribution in [0, 0.1) is 5.92 Å². The van der Waals surface area contributed by atoms with Gasteiger partial charge in [-0.3, -0.25) is 28.8 Å². The Bertz CT molecular complexity index is 1030. The first-order chi connectivity index (χ1) is 18.4. The highest BCUT2D eigenvalue weighted by atomic mass is 16.2. The molecule has 0 spiro atoms. The van der Waals surface area contributed by atoms with Crippen LogP contribution in [0.25, 0.3) is 0 Å². The summed E-state index contributed by atoms with van der Waals surface area (Å²) in [5.74, 6) is -3.27. The molecule has 1 aliphatic heterocycles. The molecule has 216 valence electrons. The number of hydrogen-bond acceptors (Lipinski definition) is 7. The molecule has 0 aromatic carbocycles. The van der Waals surface area contributed by atoms with Crippen LogP contribution in [-0.2, 0) is 35.2 Å². The van der Waals surface area contributed by atoms with E-state index >= 15 is 0 Å². The maximum Gasteiger partial charge on any atom is 0.243 e. The summed E-state index contributed by atoms with van der Waals surface area (Å²) in [6.07, 6.45) is 5.31. The molecule has 39 heavy (non-hydrogen) atoms. The number of nitrogens with one attached hydrogen (secondary N) is 5. The van der Waals surface area contributed by atoms with E-state index in [1.54, 1.807) is 13.1 Å². The Morgan fingerprint density at radius 2 is 1.79 bits per heavy atom. The number of likely N-dealkylation sites (tertiary alicyclic amines) is 1. The lowest BCUT2D eigenvalue weighted by atomic mass is 9.97. The average molecular weight is 549 g/mol. The normalized spacial score (nSPS) is 17.8. The second kappa shape index (κ2) is 14.8. The number of H-pyrrole nitrogens is 1. The standard InChI is InChI=1S/C25H40N8O6/c1-5-14(2)21(25(39)31-15(3)22(26)36)32-24(38)18-7-6-10-33(18)20(35)12-28-23(37)16(4)30-19(34)9-8-17-11-27-13-29-17/h11,13-16,18,21H,5-10,12H2,1-4H3,(H2,26,36)(H,27,29)(H,28,37)(H,30,34)(H,31,39)(H,32,38)/t14-,15-,16-,18+,21-/m0/s1. The number of primary amides is 1. The van der Waals surface area contributed by atoms with Crippen molar-refractivity contribution in [3.8, 4) is 0 Å². The minimum absolute atomic E-state index is 0.167. The number of nitrogens with zero attached hydrogens (tertiary/aromatic N) is 2. The van der Waals surface area contributed by atoms with Crippen molar-refractivity contribution in [1.29, 1.82) is 0 Å². The lowest BCUT2D eigenvalue weighted by Gasteiger charge is -2.29. The summed E-state index contributed by atoms with van der Waals surface area (Å²) in [6.45, 7) is 6.61. The topological polar surface area (TPSA) is 208 Å². The Labute approximate surface area is 227 Å². The van der Waals surface area contributed by atoms with Crippen LogP contribution in [0.2, 0.25) is 0 Å². The van der Waals surface area contributed by atoms with Gasteiger partial charge in [-0.15, -0.1) is 0 Å². The maximum absolute atomic E-state index is 13.1. The molecule has 2 heterocycles. The Kier molecular flexibility index (Phi) is 11.9. The number of rotatable bonds is 14. The Balaban J connectivity index is 1.88. The molecule has 14 nitrogen and oxygen atoms in total. The van der Waals surface area contributed by atoms with Gasteiger partial charge in [-0.1, -0.05) is 20.3 Å². The number of aromatic nitrogens is 2. The van der Waals surface area contributed by atoms with E-state index in [4.69, 9.17) is 5.73 Å². The zero-order valence-corrected chi connectivity index (χ0v) is 22.9. The van der Waals surface area contributed by atoms with Gasteiger partial charge in [0.1, 0.15) is 24.2 Å². The van der Waals surface area contributed by atoms with Crippen LogP contribution in [-0.4, -0.2) is 87.6 Å². The van der Waals surface area contributed by atoms with Gasteiger partial charge in [0, 0.05) is 24.9 Å². The largest absolute Gasteiger partial charge is 0.368 e. The van der Waals surface area contributed by atoms with Crippen LogP contribution in [0.1, 0.15) is 59.1 Å². The molecule has 0 saturated carbocycles. The first-order valence-corrected chi connectivity index (χ1v) is 13.2.